The molecule has 0 saturated carbocycles. The fourth-order valence-corrected chi connectivity index (χ4v) is 2.80. The minimum Gasteiger partial charge on any atom is -0.454 e. The smallest absolute Gasteiger partial charge is 0.303 e. The van der Waals surface area contributed by atoms with Crippen molar-refractivity contribution in [1.29, 1.82) is 0 Å². The van der Waals surface area contributed by atoms with Gasteiger partial charge in [0.25, 0.3) is 0 Å². The molecule has 4 heteroatoms. The molecule has 1 aliphatic rings. The molecule has 2 atom stereocenters. The van der Waals surface area contributed by atoms with Crippen LogP contribution in [0.25, 0.3) is 0 Å². The Labute approximate surface area is 114 Å². The van der Waals surface area contributed by atoms with E-state index in [-0.39, 0.29) is 18.1 Å². The Morgan fingerprint density at radius 3 is 2.37 bits per heavy atom. The molecule has 0 aliphatic heterocycles. The van der Waals surface area contributed by atoms with Gasteiger partial charge in [-0.3, -0.25) is 9.59 Å². The number of hydrogen-bond donors (Lipinski definition) is 1. The molecule has 4 nitrogen and oxygen atoms in total. The molecule has 108 valence electrons. The average Bonchev–Trinajstić information content (AvgIpc) is 2.37. The van der Waals surface area contributed by atoms with Crippen LogP contribution in [0.15, 0.2) is 11.6 Å². The van der Waals surface area contributed by atoms with E-state index in [9.17, 15) is 14.7 Å². The summed E-state index contributed by atoms with van der Waals surface area (Å²) in [6.07, 6.45) is 1.20. The van der Waals surface area contributed by atoms with Crippen molar-refractivity contribution in [2.24, 2.45) is 11.3 Å². The van der Waals surface area contributed by atoms with Crippen LogP contribution in [-0.2, 0) is 14.3 Å². The lowest BCUT2D eigenvalue weighted by atomic mass is 9.72. The van der Waals surface area contributed by atoms with E-state index in [0.29, 0.717) is 0 Å². The first-order chi connectivity index (χ1) is 8.52. The van der Waals surface area contributed by atoms with Gasteiger partial charge in [-0.2, -0.15) is 0 Å². The quantitative estimate of drug-likeness (QED) is 0.627. The van der Waals surface area contributed by atoms with E-state index in [0.717, 1.165) is 5.57 Å². The molecule has 0 fully saturated rings. The van der Waals surface area contributed by atoms with Crippen molar-refractivity contribution in [2.75, 3.05) is 0 Å². The van der Waals surface area contributed by atoms with Crippen molar-refractivity contribution < 1.29 is 19.4 Å². The maximum atomic E-state index is 12.5. The summed E-state index contributed by atoms with van der Waals surface area (Å²) < 4.78 is 5.20. The number of rotatable bonds is 4. The number of aliphatic hydroxyl groups is 1. The van der Waals surface area contributed by atoms with Gasteiger partial charge in [-0.25, -0.2) is 0 Å². The molecular weight excluding hydrogens is 244 g/mol. The highest BCUT2D eigenvalue weighted by Crippen LogP contribution is 2.47. The summed E-state index contributed by atoms with van der Waals surface area (Å²) >= 11 is 0. The number of carbonyl (C=O) groups excluding carboxylic acids is 2. The van der Waals surface area contributed by atoms with Crippen molar-refractivity contribution in [3.8, 4) is 0 Å². The van der Waals surface area contributed by atoms with Gasteiger partial charge in [0.2, 0.25) is 0 Å². The molecule has 19 heavy (non-hydrogen) atoms. The molecule has 0 heterocycles. The third-order valence-electron chi connectivity index (χ3n) is 3.67. The molecular formula is C15H24O4. The molecule has 0 aromatic rings. The second kappa shape index (κ2) is 5.08. The topological polar surface area (TPSA) is 63.6 Å². The Balaban J connectivity index is 3.17. The van der Waals surface area contributed by atoms with Gasteiger partial charge in [-0.15, -0.1) is 0 Å². The fourth-order valence-electron chi connectivity index (χ4n) is 2.80. The van der Waals surface area contributed by atoms with Crippen LogP contribution in [0.2, 0.25) is 0 Å². The molecule has 1 aliphatic carbocycles. The fraction of sp³-hybridized carbons (Fsp3) is 0.733. The minimum atomic E-state index is -1.67. The van der Waals surface area contributed by atoms with E-state index < -0.39 is 23.1 Å². The summed E-state index contributed by atoms with van der Waals surface area (Å²) in [4.78, 5) is 23.7. The van der Waals surface area contributed by atoms with Crippen LogP contribution in [0, 0.1) is 11.3 Å². The lowest BCUT2D eigenvalue weighted by molar-refractivity contribution is -0.174. The highest BCUT2D eigenvalue weighted by molar-refractivity contribution is 5.91. The van der Waals surface area contributed by atoms with Gasteiger partial charge in [0.05, 0.1) is 0 Å². The predicted molar refractivity (Wildman–Crippen MR) is 72.5 cm³/mol. The maximum absolute atomic E-state index is 12.5. The molecule has 0 amide bonds. The van der Waals surface area contributed by atoms with Crippen LogP contribution in [0.5, 0.6) is 0 Å². The summed E-state index contributed by atoms with van der Waals surface area (Å²) in [6.45, 7) is 10.5. The Morgan fingerprint density at radius 2 is 1.95 bits per heavy atom. The van der Waals surface area contributed by atoms with Crippen molar-refractivity contribution in [3.63, 3.8) is 0 Å². The third-order valence-corrected chi connectivity index (χ3v) is 3.67. The normalized spacial score (nSPS) is 29.3. The van der Waals surface area contributed by atoms with Crippen LogP contribution in [0.4, 0.5) is 0 Å². The standard InChI is InChI=1S/C15H24O4/c1-9(2)7-12(17)15(18)13(19-11(4)16)10(3)8-14(15,5)6/h8-9,13,18H,7H2,1-6H3/t13-,15+/m1/s1. The van der Waals surface area contributed by atoms with Gasteiger partial charge in [-0.1, -0.05) is 33.8 Å². The Morgan fingerprint density at radius 1 is 1.42 bits per heavy atom. The number of esters is 1. The summed E-state index contributed by atoms with van der Waals surface area (Å²) in [5, 5.41) is 10.9. The van der Waals surface area contributed by atoms with Crippen molar-refractivity contribution in [3.05, 3.63) is 11.6 Å². The highest BCUT2D eigenvalue weighted by Gasteiger charge is 2.59. The lowest BCUT2D eigenvalue weighted by Gasteiger charge is -2.39. The van der Waals surface area contributed by atoms with Gasteiger partial charge in [0, 0.05) is 18.8 Å². The maximum Gasteiger partial charge on any atom is 0.303 e. The molecule has 1 N–H and O–H groups in total. The molecule has 1 rings (SSSR count). The van der Waals surface area contributed by atoms with Crippen molar-refractivity contribution >= 4 is 11.8 Å². The van der Waals surface area contributed by atoms with Crippen LogP contribution >= 0.6 is 0 Å². The molecule has 0 unspecified atom stereocenters. The largest absolute Gasteiger partial charge is 0.454 e. The SMILES string of the molecule is CC(=O)O[C@@H]1C(C)=CC(C)(C)[C@]1(O)C(=O)CC(C)C. The van der Waals surface area contributed by atoms with Crippen LogP contribution < -0.4 is 0 Å². The summed E-state index contributed by atoms with van der Waals surface area (Å²) in [5.41, 5.74) is -1.70. The Kier molecular flexibility index (Phi) is 4.25. The van der Waals surface area contributed by atoms with E-state index >= 15 is 0 Å². The number of hydrogen-bond acceptors (Lipinski definition) is 4. The first-order valence-electron chi connectivity index (χ1n) is 6.64. The minimum absolute atomic E-state index is 0.145. The monoisotopic (exact) mass is 268 g/mol. The van der Waals surface area contributed by atoms with Crippen molar-refractivity contribution in [2.45, 2.75) is 59.7 Å². The number of ether oxygens (including phenoxy) is 1. The number of carbonyl (C=O) groups is 2. The molecule has 0 bridgehead atoms. The van der Waals surface area contributed by atoms with Gasteiger partial charge >= 0.3 is 5.97 Å². The molecule has 0 aromatic carbocycles. The van der Waals surface area contributed by atoms with E-state index in [2.05, 4.69) is 0 Å². The second-order valence-corrected chi connectivity index (χ2v) is 6.39. The summed E-state index contributed by atoms with van der Waals surface area (Å²) in [6, 6.07) is 0. The van der Waals surface area contributed by atoms with Crippen LogP contribution in [0.1, 0.15) is 48.0 Å². The van der Waals surface area contributed by atoms with E-state index in [4.69, 9.17) is 4.74 Å². The number of Topliss-reactive ketones (excluding diaryl/α,β-unsaturated/α-hetero) is 1. The first kappa shape index (κ1) is 15.9. The van der Waals surface area contributed by atoms with E-state index in [1.165, 1.54) is 6.92 Å². The zero-order valence-corrected chi connectivity index (χ0v) is 12.6. The summed E-state index contributed by atoms with van der Waals surface area (Å²) in [7, 11) is 0. The number of ketones is 1. The second-order valence-electron chi connectivity index (χ2n) is 6.39. The highest BCUT2D eigenvalue weighted by atomic mass is 16.6. The average molecular weight is 268 g/mol. The predicted octanol–water partition coefficient (Wildman–Crippen LogP) is 2.25. The van der Waals surface area contributed by atoms with Gasteiger partial charge in [-0.05, 0) is 18.4 Å². The van der Waals surface area contributed by atoms with E-state index in [1.807, 2.05) is 19.9 Å². The van der Waals surface area contributed by atoms with Gasteiger partial charge < -0.3 is 9.84 Å². The zero-order valence-electron chi connectivity index (χ0n) is 12.6. The van der Waals surface area contributed by atoms with Crippen LogP contribution in [-0.4, -0.2) is 28.6 Å². The summed E-state index contributed by atoms with van der Waals surface area (Å²) in [5.74, 6) is -0.621. The molecule has 0 radical (unpaired) electrons. The molecule has 0 spiro atoms. The van der Waals surface area contributed by atoms with Gasteiger partial charge in [0.1, 0.15) is 0 Å². The molecule has 0 aromatic heterocycles. The zero-order chi connectivity index (χ0) is 15.0. The van der Waals surface area contributed by atoms with E-state index in [1.54, 1.807) is 20.8 Å². The Hall–Kier alpha value is -1.16. The Bertz CT molecular complexity index is 420. The van der Waals surface area contributed by atoms with Gasteiger partial charge in [0.15, 0.2) is 17.5 Å². The third kappa shape index (κ3) is 2.73. The first-order valence-corrected chi connectivity index (χ1v) is 6.64. The molecule has 0 saturated heterocycles. The van der Waals surface area contributed by atoms with Crippen LogP contribution in [0.3, 0.4) is 0 Å². The lowest BCUT2D eigenvalue weighted by Crippen LogP contribution is -2.57. The van der Waals surface area contributed by atoms with Crippen molar-refractivity contribution in [1.82, 2.24) is 0 Å².